The second-order valence-corrected chi connectivity index (χ2v) is 5.85. The van der Waals surface area contributed by atoms with Crippen molar-refractivity contribution in [1.29, 1.82) is 0 Å². The molecule has 25 heavy (non-hydrogen) atoms. The maximum Gasteiger partial charge on any atom is 0.229 e. The van der Waals surface area contributed by atoms with Crippen molar-refractivity contribution < 1.29 is 14.4 Å². The lowest BCUT2D eigenvalue weighted by Gasteiger charge is -2.20. The topological polar surface area (TPSA) is 79.4 Å². The highest BCUT2D eigenvalue weighted by atomic mass is 16.2. The average molecular weight is 337 g/mol. The number of carbonyl (C=O) groups is 3. The Labute approximate surface area is 145 Å². The molecule has 1 aromatic carbocycles. The standard InChI is InChI=1S/C19H19N3O3/c23-16(11-13-22-17(24)9-10-18(22)25)21-19(14-6-2-1-3-7-14)15-8-4-5-12-20-15/h1-8,12,19H,9-11,13H2,(H,21,23)/t19-/m0/s1. The smallest absolute Gasteiger partial charge is 0.229 e. The summed E-state index contributed by atoms with van der Waals surface area (Å²) in [5.41, 5.74) is 1.65. The molecule has 1 N–H and O–H groups in total. The van der Waals surface area contributed by atoms with Crippen molar-refractivity contribution in [2.24, 2.45) is 0 Å². The van der Waals surface area contributed by atoms with Gasteiger partial charge in [-0.3, -0.25) is 24.3 Å². The Kier molecular flexibility index (Phi) is 5.18. The van der Waals surface area contributed by atoms with Crippen molar-refractivity contribution in [2.75, 3.05) is 6.54 Å². The third kappa shape index (κ3) is 4.09. The number of aromatic nitrogens is 1. The lowest BCUT2D eigenvalue weighted by molar-refractivity contribution is -0.138. The number of hydrogen-bond acceptors (Lipinski definition) is 4. The van der Waals surface area contributed by atoms with Crippen molar-refractivity contribution >= 4 is 17.7 Å². The van der Waals surface area contributed by atoms with Crippen molar-refractivity contribution in [3.63, 3.8) is 0 Å². The summed E-state index contributed by atoms with van der Waals surface area (Å²) in [5, 5.41) is 2.95. The summed E-state index contributed by atoms with van der Waals surface area (Å²) in [6.45, 7) is 0.118. The van der Waals surface area contributed by atoms with Gasteiger partial charge in [-0.1, -0.05) is 36.4 Å². The van der Waals surface area contributed by atoms with E-state index in [1.54, 1.807) is 6.20 Å². The molecule has 128 valence electrons. The maximum absolute atomic E-state index is 12.4. The van der Waals surface area contributed by atoms with Gasteiger partial charge in [0.15, 0.2) is 0 Å². The van der Waals surface area contributed by atoms with Gasteiger partial charge in [0, 0.05) is 32.0 Å². The van der Waals surface area contributed by atoms with Gasteiger partial charge in [-0.2, -0.15) is 0 Å². The zero-order valence-electron chi connectivity index (χ0n) is 13.7. The number of benzene rings is 1. The normalized spacial score (nSPS) is 15.3. The molecular formula is C19H19N3O3. The Balaban J connectivity index is 1.69. The minimum Gasteiger partial charge on any atom is -0.344 e. The van der Waals surface area contributed by atoms with Crippen LogP contribution in [0.2, 0.25) is 0 Å². The molecule has 0 unspecified atom stereocenters. The summed E-state index contributed by atoms with van der Waals surface area (Å²) in [4.78, 5) is 41.1. The van der Waals surface area contributed by atoms with E-state index in [4.69, 9.17) is 0 Å². The van der Waals surface area contributed by atoms with Crippen LogP contribution in [0.15, 0.2) is 54.7 Å². The van der Waals surface area contributed by atoms with E-state index in [9.17, 15) is 14.4 Å². The fraction of sp³-hybridized carbons (Fsp3) is 0.263. The van der Waals surface area contributed by atoms with Gasteiger partial charge in [0.2, 0.25) is 17.7 Å². The van der Waals surface area contributed by atoms with Gasteiger partial charge in [0.25, 0.3) is 0 Å². The quantitative estimate of drug-likeness (QED) is 0.816. The largest absolute Gasteiger partial charge is 0.344 e. The van der Waals surface area contributed by atoms with E-state index in [0.29, 0.717) is 0 Å². The number of likely N-dealkylation sites (tertiary alicyclic amines) is 1. The van der Waals surface area contributed by atoms with Crippen molar-refractivity contribution in [3.8, 4) is 0 Å². The molecule has 1 atom stereocenters. The van der Waals surface area contributed by atoms with Crippen LogP contribution in [-0.2, 0) is 14.4 Å². The van der Waals surface area contributed by atoms with E-state index in [2.05, 4.69) is 10.3 Å². The molecule has 2 heterocycles. The number of carbonyl (C=O) groups excluding carboxylic acids is 3. The molecule has 0 saturated carbocycles. The number of imide groups is 1. The summed E-state index contributed by atoms with van der Waals surface area (Å²) in [6.07, 6.45) is 2.23. The van der Waals surface area contributed by atoms with Crippen LogP contribution >= 0.6 is 0 Å². The molecular weight excluding hydrogens is 318 g/mol. The number of pyridine rings is 1. The monoisotopic (exact) mass is 337 g/mol. The maximum atomic E-state index is 12.4. The van der Waals surface area contributed by atoms with Gasteiger partial charge < -0.3 is 5.32 Å². The molecule has 3 amide bonds. The summed E-state index contributed by atoms with van der Waals surface area (Å²) >= 11 is 0. The predicted molar refractivity (Wildman–Crippen MR) is 91.2 cm³/mol. The molecule has 0 bridgehead atoms. The Morgan fingerprint density at radius 3 is 2.36 bits per heavy atom. The Bertz CT molecular complexity index is 706. The van der Waals surface area contributed by atoms with Crippen LogP contribution in [0.5, 0.6) is 0 Å². The molecule has 3 rings (SSSR count). The first-order chi connectivity index (χ1) is 12.1. The zero-order chi connectivity index (χ0) is 17.6. The third-order valence-electron chi connectivity index (χ3n) is 4.14. The highest BCUT2D eigenvalue weighted by Gasteiger charge is 2.29. The van der Waals surface area contributed by atoms with E-state index >= 15 is 0 Å². The van der Waals surface area contributed by atoms with Crippen molar-refractivity contribution in [1.82, 2.24) is 15.2 Å². The Morgan fingerprint density at radius 1 is 1.04 bits per heavy atom. The van der Waals surface area contributed by atoms with Crippen LogP contribution in [-0.4, -0.2) is 34.2 Å². The SMILES string of the molecule is O=C(CCN1C(=O)CCC1=O)N[C@@H](c1ccccc1)c1ccccn1. The Hall–Kier alpha value is -3.02. The fourth-order valence-corrected chi connectivity index (χ4v) is 2.84. The second kappa shape index (κ2) is 7.70. The molecule has 1 fully saturated rings. The number of hydrogen-bond donors (Lipinski definition) is 1. The minimum atomic E-state index is -0.375. The van der Waals surface area contributed by atoms with E-state index in [1.807, 2.05) is 48.5 Å². The molecule has 6 heteroatoms. The second-order valence-electron chi connectivity index (χ2n) is 5.85. The molecule has 1 saturated heterocycles. The lowest BCUT2D eigenvalue weighted by atomic mass is 10.0. The molecule has 2 aromatic rings. The summed E-state index contributed by atoms with van der Waals surface area (Å²) in [6, 6.07) is 14.7. The van der Waals surface area contributed by atoms with Gasteiger partial charge >= 0.3 is 0 Å². The van der Waals surface area contributed by atoms with E-state index in [0.717, 1.165) is 16.2 Å². The summed E-state index contributed by atoms with van der Waals surface area (Å²) < 4.78 is 0. The van der Waals surface area contributed by atoms with Gasteiger partial charge in [0.1, 0.15) is 0 Å². The van der Waals surface area contributed by atoms with Gasteiger partial charge in [-0.05, 0) is 17.7 Å². The van der Waals surface area contributed by atoms with E-state index in [1.165, 1.54) is 0 Å². The molecule has 1 aliphatic heterocycles. The molecule has 0 aliphatic carbocycles. The van der Waals surface area contributed by atoms with Gasteiger partial charge in [-0.25, -0.2) is 0 Å². The number of rotatable bonds is 6. The first kappa shape index (κ1) is 16.8. The highest BCUT2D eigenvalue weighted by Crippen LogP contribution is 2.20. The lowest BCUT2D eigenvalue weighted by Crippen LogP contribution is -2.35. The van der Waals surface area contributed by atoms with Crippen LogP contribution in [0.3, 0.4) is 0 Å². The van der Waals surface area contributed by atoms with Gasteiger partial charge in [0.05, 0.1) is 11.7 Å². The predicted octanol–water partition coefficient (Wildman–Crippen LogP) is 1.83. The number of nitrogens with one attached hydrogen (secondary N) is 1. The number of amides is 3. The average Bonchev–Trinajstić information content (AvgIpc) is 2.97. The molecule has 0 spiro atoms. The van der Waals surface area contributed by atoms with Crippen LogP contribution in [0, 0.1) is 0 Å². The molecule has 6 nitrogen and oxygen atoms in total. The zero-order valence-corrected chi connectivity index (χ0v) is 13.7. The van der Waals surface area contributed by atoms with Crippen molar-refractivity contribution in [3.05, 3.63) is 66.0 Å². The van der Waals surface area contributed by atoms with E-state index < -0.39 is 0 Å². The minimum absolute atomic E-state index is 0.0770. The summed E-state index contributed by atoms with van der Waals surface area (Å²) in [7, 11) is 0. The van der Waals surface area contributed by atoms with E-state index in [-0.39, 0.29) is 49.6 Å². The van der Waals surface area contributed by atoms with Crippen LogP contribution in [0.25, 0.3) is 0 Å². The molecule has 1 aromatic heterocycles. The molecule has 1 aliphatic rings. The first-order valence-corrected chi connectivity index (χ1v) is 8.23. The fourth-order valence-electron chi connectivity index (χ4n) is 2.84. The van der Waals surface area contributed by atoms with Gasteiger partial charge in [-0.15, -0.1) is 0 Å². The summed E-state index contributed by atoms with van der Waals surface area (Å²) in [5.74, 6) is -0.642. The van der Waals surface area contributed by atoms with Crippen LogP contribution < -0.4 is 5.32 Å². The van der Waals surface area contributed by atoms with Crippen LogP contribution in [0.4, 0.5) is 0 Å². The molecule has 0 radical (unpaired) electrons. The van der Waals surface area contributed by atoms with Crippen LogP contribution in [0.1, 0.15) is 36.6 Å². The first-order valence-electron chi connectivity index (χ1n) is 8.23. The third-order valence-corrected chi connectivity index (χ3v) is 4.14. The van der Waals surface area contributed by atoms with Crippen molar-refractivity contribution in [2.45, 2.75) is 25.3 Å². The Morgan fingerprint density at radius 2 is 1.72 bits per heavy atom. The highest BCUT2D eigenvalue weighted by molar-refractivity contribution is 6.02. The number of nitrogens with zero attached hydrogens (tertiary/aromatic N) is 2.